The lowest BCUT2D eigenvalue weighted by Gasteiger charge is -2.17. The molecule has 0 atom stereocenters. The molecule has 1 heterocycles. The molecule has 1 amide bonds. The topological polar surface area (TPSA) is 99.5 Å². The van der Waals surface area contributed by atoms with E-state index in [1.165, 1.54) is 7.11 Å². The molecule has 3 aromatic carbocycles. The van der Waals surface area contributed by atoms with Crippen LogP contribution in [0.4, 0.5) is 5.69 Å². The number of methoxy groups -OCH3 is 1. The Morgan fingerprint density at radius 1 is 0.889 bits per heavy atom. The van der Waals surface area contributed by atoms with Gasteiger partial charge in [0.1, 0.15) is 17.9 Å². The van der Waals surface area contributed by atoms with Crippen molar-refractivity contribution in [1.82, 2.24) is 9.78 Å². The summed E-state index contributed by atoms with van der Waals surface area (Å²) >= 11 is 0. The van der Waals surface area contributed by atoms with Gasteiger partial charge in [0.15, 0.2) is 0 Å². The summed E-state index contributed by atoms with van der Waals surface area (Å²) in [4.78, 5) is 39.3. The number of hydrogen-bond donors (Lipinski definition) is 1. The number of para-hydroxylation sites is 2. The molecule has 0 fully saturated rings. The van der Waals surface area contributed by atoms with Gasteiger partial charge >= 0.3 is 5.97 Å². The summed E-state index contributed by atoms with van der Waals surface area (Å²) in [6.07, 6.45) is 0. The Morgan fingerprint density at radius 3 is 2.14 bits per heavy atom. The van der Waals surface area contributed by atoms with E-state index in [0.717, 1.165) is 4.68 Å². The van der Waals surface area contributed by atoms with Gasteiger partial charge in [-0.05, 0) is 24.6 Å². The first-order valence-corrected chi connectivity index (χ1v) is 11.4. The summed E-state index contributed by atoms with van der Waals surface area (Å²) in [7, 11) is 1.21. The molecule has 0 spiro atoms. The molecule has 0 radical (unpaired) electrons. The van der Waals surface area contributed by atoms with Crippen molar-refractivity contribution in [1.29, 1.82) is 0 Å². The van der Waals surface area contributed by atoms with Crippen LogP contribution in [0.3, 0.4) is 0 Å². The highest BCUT2D eigenvalue weighted by atomic mass is 16.5. The number of rotatable bonds is 8. The fourth-order valence-corrected chi connectivity index (χ4v) is 3.83. The summed E-state index contributed by atoms with van der Waals surface area (Å²) < 4.78 is 11.5. The summed E-state index contributed by atoms with van der Waals surface area (Å²) in [6.45, 7) is 1.85. The van der Waals surface area contributed by atoms with Crippen molar-refractivity contribution >= 4 is 17.6 Å². The van der Waals surface area contributed by atoms with Crippen molar-refractivity contribution in [2.45, 2.75) is 13.5 Å². The molecule has 8 heteroatoms. The van der Waals surface area contributed by atoms with Gasteiger partial charge in [0.05, 0.1) is 25.1 Å². The zero-order valence-electron chi connectivity index (χ0n) is 19.9. The Kier molecular flexibility index (Phi) is 7.55. The highest BCUT2D eigenvalue weighted by Gasteiger charge is 2.26. The lowest BCUT2D eigenvalue weighted by atomic mass is 9.95. The van der Waals surface area contributed by atoms with Crippen LogP contribution in [0.1, 0.15) is 17.3 Å². The summed E-state index contributed by atoms with van der Waals surface area (Å²) in [5.41, 5.74) is 1.57. The number of carbonyl (C=O) groups excluding carboxylic acids is 2. The average Bonchev–Trinajstić information content (AvgIpc) is 2.91. The number of carbonyl (C=O) groups is 2. The van der Waals surface area contributed by atoms with Gasteiger partial charge in [-0.3, -0.25) is 9.59 Å². The predicted molar refractivity (Wildman–Crippen MR) is 137 cm³/mol. The van der Waals surface area contributed by atoms with Crippen molar-refractivity contribution in [2.75, 3.05) is 19.0 Å². The van der Waals surface area contributed by atoms with Crippen LogP contribution in [0.25, 0.3) is 22.4 Å². The highest BCUT2D eigenvalue weighted by Crippen LogP contribution is 2.32. The number of amides is 1. The number of nitrogens with zero attached hydrogens (tertiary/aromatic N) is 2. The third kappa shape index (κ3) is 5.17. The quantitative estimate of drug-likeness (QED) is 0.373. The molecule has 36 heavy (non-hydrogen) atoms. The lowest BCUT2D eigenvalue weighted by molar-refractivity contribution is -0.117. The van der Waals surface area contributed by atoms with Crippen molar-refractivity contribution < 1.29 is 19.1 Å². The van der Waals surface area contributed by atoms with Crippen molar-refractivity contribution in [2.24, 2.45) is 0 Å². The Hall–Kier alpha value is -4.72. The number of hydrogen-bond acceptors (Lipinski definition) is 6. The van der Waals surface area contributed by atoms with Crippen LogP contribution in [-0.4, -0.2) is 35.4 Å². The number of esters is 1. The molecule has 8 nitrogen and oxygen atoms in total. The monoisotopic (exact) mass is 483 g/mol. The molecule has 0 bridgehead atoms. The maximum atomic E-state index is 13.5. The fourth-order valence-electron chi connectivity index (χ4n) is 3.83. The van der Waals surface area contributed by atoms with E-state index in [0.29, 0.717) is 40.4 Å². The van der Waals surface area contributed by atoms with E-state index in [9.17, 15) is 14.4 Å². The standard InChI is InChI=1S/C28H25N3O5/c1-3-36-22-17-11-10-16-21(22)29-23(32)18-31-27(33)25(28(34)35-2)24(19-12-6-4-7-13-19)26(30-31)20-14-8-5-9-15-20/h4-17H,3,18H2,1-2H3,(H,29,32). The zero-order chi connectivity index (χ0) is 25.5. The molecule has 182 valence electrons. The van der Waals surface area contributed by atoms with E-state index in [1.54, 1.807) is 48.5 Å². The van der Waals surface area contributed by atoms with Crippen LogP contribution in [-0.2, 0) is 16.1 Å². The Morgan fingerprint density at radius 2 is 1.50 bits per heavy atom. The fraction of sp³-hybridized carbons (Fsp3) is 0.143. The van der Waals surface area contributed by atoms with Crippen LogP contribution >= 0.6 is 0 Å². The van der Waals surface area contributed by atoms with Gasteiger partial charge in [0, 0.05) is 11.1 Å². The van der Waals surface area contributed by atoms with Gasteiger partial charge in [0.25, 0.3) is 5.56 Å². The van der Waals surface area contributed by atoms with Gasteiger partial charge in [-0.2, -0.15) is 5.10 Å². The third-order valence-electron chi connectivity index (χ3n) is 5.41. The van der Waals surface area contributed by atoms with Crippen molar-refractivity contribution in [3.05, 3.63) is 101 Å². The minimum Gasteiger partial charge on any atom is -0.492 e. The van der Waals surface area contributed by atoms with E-state index < -0.39 is 24.0 Å². The van der Waals surface area contributed by atoms with Crippen molar-refractivity contribution in [3.63, 3.8) is 0 Å². The average molecular weight is 484 g/mol. The SMILES string of the molecule is CCOc1ccccc1NC(=O)Cn1nc(-c2ccccc2)c(-c2ccccc2)c(C(=O)OC)c1=O. The molecule has 0 aliphatic rings. The highest BCUT2D eigenvalue weighted by molar-refractivity contribution is 6.01. The van der Waals surface area contributed by atoms with Crippen LogP contribution in [0, 0.1) is 0 Å². The Bertz CT molecular complexity index is 1430. The molecule has 0 unspecified atom stereocenters. The molecule has 0 saturated heterocycles. The molecular formula is C28H25N3O5. The molecule has 0 saturated carbocycles. The van der Waals surface area contributed by atoms with E-state index in [1.807, 2.05) is 43.3 Å². The second-order valence-electron chi connectivity index (χ2n) is 7.76. The predicted octanol–water partition coefficient (Wildman–Crippen LogP) is 4.40. The maximum Gasteiger partial charge on any atom is 0.344 e. The van der Waals surface area contributed by atoms with Gasteiger partial charge < -0.3 is 14.8 Å². The van der Waals surface area contributed by atoms with Crippen LogP contribution < -0.4 is 15.6 Å². The van der Waals surface area contributed by atoms with Crippen LogP contribution in [0.5, 0.6) is 5.75 Å². The van der Waals surface area contributed by atoms with E-state index >= 15 is 0 Å². The largest absolute Gasteiger partial charge is 0.492 e. The Balaban J connectivity index is 1.84. The number of anilines is 1. The number of aromatic nitrogens is 2. The van der Waals surface area contributed by atoms with E-state index in [2.05, 4.69) is 10.4 Å². The molecule has 4 rings (SSSR count). The van der Waals surface area contributed by atoms with Gasteiger partial charge in [-0.15, -0.1) is 0 Å². The van der Waals surface area contributed by atoms with Crippen LogP contribution in [0.2, 0.25) is 0 Å². The van der Waals surface area contributed by atoms with Gasteiger partial charge in [-0.1, -0.05) is 72.8 Å². The zero-order valence-corrected chi connectivity index (χ0v) is 19.9. The molecule has 0 aliphatic heterocycles. The maximum absolute atomic E-state index is 13.5. The lowest BCUT2D eigenvalue weighted by Crippen LogP contribution is -2.34. The number of ether oxygens (including phenoxy) is 2. The summed E-state index contributed by atoms with van der Waals surface area (Å²) in [5.74, 6) is -0.804. The first-order chi connectivity index (χ1) is 17.5. The molecule has 1 aromatic heterocycles. The normalized spacial score (nSPS) is 10.5. The van der Waals surface area contributed by atoms with Crippen molar-refractivity contribution in [3.8, 4) is 28.1 Å². The molecule has 1 N–H and O–H groups in total. The van der Waals surface area contributed by atoms with Gasteiger partial charge in [-0.25, -0.2) is 9.48 Å². The van der Waals surface area contributed by atoms with E-state index in [-0.39, 0.29) is 5.56 Å². The molecule has 4 aromatic rings. The summed E-state index contributed by atoms with van der Waals surface area (Å²) in [5, 5.41) is 7.30. The first-order valence-electron chi connectivity index (χ1n) is 11.4. The minimum atomic E-state index is -0.811. The first kappa shape index (κ1) is 24.4. The minimum absolute atomic E-state index is 0.194. The second-order valence-corrected chi connectivity index (χ2v) is 7.76. The second kappa shape index (κ2) is 11.1. The van der Waals surface area contributed by atoms with Crippen LogP contribution in [0.15, 0.2) is 89.7 Å². The smallest absolute Gasteiger partial charge is 0.344 e. The molecular weight excluding hydrogens is 458 g/mol. The Labute approximate surface area is 208 Å². The van der Waals surface area contributed by atoms with E-state index in [4.69, 9.17) is 9.47 Å². The molecule has 0 aliphatic carbocycles. The summed E-state index contributed by atoms with van der Waals surface area (Å²) in [6, 6.07) is 25.2. The van der Waals surface area contributed by atoms with Gasteiger partial charge in [0.2, 0.25) is 5.91 Å². The number of nitrogens with one attached hydrogen (secondary N) is 1. The third-order valence-corrected chi connectivity index (χ3v) is 5.41. The number of benzene rings is 3.